The molecule has 2 rings (SSSR count). The van der Waals surface area contributed by atoms with Gasteiger partial charge in [-0.25, -0.2) is 0 Å². The van der Waals surface area contributed by atoms with Crippen molar-refractivity contribution in [1.82, 2.24) is 5.32 Å². The Labute approximate surface area is 113 Å². The summed E-state index contributed by atoms with van der Waals surface area (Å²) in [5, 5.41) is 5.19. The minimum Gasteiger partial charge on any atom is -0.444 e. The SMILES string of the molecule is CCC(C)(CC)NCc1c(Cl)oc2ccccc12. The van der Waals surface area contributed by atoms with Crippen LogP contribution in [0.1, 0.15) is 39.2 Å². The molecule has 18 heavy (non-hydrogen) atoms. The van der Waals surface area contributed by atoms with Gasteiger partial charge in [0, 0.05) is 23.0 Å². The highest BCUT2D eigenvalue weighted by Crippen LogP contribution is 2.30. The fraction of sp³-hybridized carbons (Fsp3) is 0.467. The molecule has 0 bridgehead atoms. The lowest BCUT2D eigenvalue weighted by Crippen LogP contribution is -2.40. The molecule has 2 nitrogen and oxygen atoms in total. The summed E-state index contributed by atoms with van der Waals surface area (Å²) < 4.78 is 5.56. The van der Waals surface area contributed by atoms with Crippen LogP contribution in [-0.2, 0) is 6.54 Å². The Morgan fingerprint density at radius 2 is 1.89 bits per heavy atom. The topological polar surface area (TPSA) is 25.2 Å². The van der Waals surface area contributed by atoms with Crippen LogP contribution in [0, 0.1) is 0 Å². The van der Waals surface area contributed by atoms with Crippen LogP contribution in [0.3, 0.4) is 0 Å². The quantitative estimate of drug-likeness (QED) is 0.844. The van der Waals surface area contributed by atoms with Crippen molar-refractivity contribution in [3.63, 3.8) is 0 Å². The molecule has 0 aliphatic heterocycles. The lowest BCUT2D eigenvalue weighted by molar-refractivity contribution is 0.329. The lowest BCUT2D eigenvalue weighted by atomic mass is 9.95. The summed E-state index contributed by atoms with van der Waals surface area (Å²) in [6.07, 6.45) is 2.19. The molecule has 0 fully saturated rings. The van der Waals surface area contributed by atoms with Crippen LogP contribution in [0.15, 0.2) is 28.7 Å². The molecule has 98 valence electrons. The van der Waals surface area contributed by atoms with Crippen molar-refractivity contribution < 1.29 is 4.42 Å². The first-order valence-corrected chi connectivity index (χ1v) is 6.88. The Morgan fingerprint density at radius 3 is 2.56 bits per heavy atom. The van der Waals surface area contributed by atoms with E-state index in [9.17, 15) is 0 Å². The number of nitrogens with one attached hydrogen (secondary N) is 1. The third-order valence-electron chi connectivity index (χ3n) is 3.90. The molecule has 1 aromatic carbocycles. The molecule has 0 saturated carbocycles. The molecular weight excluding hydrogens is 246 g/mol. The molecule has 1 N–H and O–H groups in total. The number of para-hydroxylation sites is 1. The number of hydrogen-bond donors (Lipinski definition) is 1. The van der Waals surface area contributed by atoms with Crippen molar-refractivity contribution in [1.29, 1.82) is 0 Å². The monoisotopic (exact) mass is 265 g/mol. The summed E-state index contributed by atoms with van der Waals surface area (Å²) in [5.74, 6) is 0. The molecule has 1 aromatic heterocycles. The molecule has 3 heteroatoms. The van der Waals surface area contributed by atoms with E-state index in [4.69, 9.17) is 16.0 Å². The molecule has 2 aromatic rings. The predicted molar refractivity (Wildman–Crippen MR) is 77.1 cm³/mol. The number of hydrogen-bond acceptors (Lipinski definition) is 2. The van der Waals surface area contributed by atoms with Gasteiger partial charge in [0.05, 0.1) is 0 Å². The van der Waals surface area contributed by atoms with Gasteiger partial charge in [-0.3, -0.25) is 0 Å². The van der Waals surface area contributed by atoms with Crippen LogP contribution < -0.4 is 5.32 Å². The Hall–Kier alpha value is -0.990. The minimum atomic E-state index is 0.154. The largest absolute Gasteiger partial charge is 0.444 e. The standard InChI is InChI=1S/C15H20ClNO/c1-4-15(3,5-2)17-10-12-11-8-6-7-9-13(11)18-14(12)16/h6-9,17H,4-5,10H2,1-3H3. The Kier molecular flexibility index (Phi) is 3.98. The van der Waals surface area contributed by atoms with Crippen LogP contribution in [0.5, 0.6) is 0 Å². The smallest absolute Gasteiger partial charge is 0.199 e. The van der Waals surface area contributed by atoms with Crippen LogP contribution in [0.25, 0.3) is 11.0 Å². The number of halogens is 1. The van der Waals surface area contributed by atoms with Gasteiger partial charge in [-0.15, -0.1) is 0 Å². The number of rotatable bonds is 5. The van der Waals surface area contributed by atoms with E-state index in [1.165, 1.54) is 0 Å². The van der Waals surface area contributed by atoms with Gasteiger partial charge >= 0.3 is 0 Å². The zero-order chi connectivity index (χ0) is 13.2. The van der Waals surface area contributed by atoms with E-state index >= 15 is 0 Å². The van der Waals surface area contributed by atoms with Gasteiger partial charge < -0.3 is 9.73 Å². The predicted octanol–water partition coefficient (Wildman–Crippen LogP) is 4.75. The lowest BCUT2D eigenvalue weighted by Gasteiger charge is -2.28. The highest BCUT2D eigenvalue weighted by Gasteiger charge is 2.20. The van der Waals surface area contributed by atoms with Crippen molar-refractivity contribution in [3.05, 3.63) is 35.0 Å². The molecular formula is C15H20ClNO. The third-order valence-corrected chi connectivity index (χ3v) is 4.21. The zero-order valence-corrected chi connectivity index (χ0v) is 12.0. The third kappa shape index (κ3) is 2.55. The molecule has 0 atom stereocenters. The van der Waals surface area contributed by atoms with Gasteiger partial charge in [-0.2, -0.15) is 0 Å². The van der Waals surface area contributed by atoms with E-state index in [-0.39, 0.29) is 5.54 Å². The highest BCUT2D eigenvalue weighted by molar-refractivity contribution is 6.30. The second-order valence-corrected chi connectivity index (χ2v) is 5.32. The fourth-order valence-corrected chi connectivity index (χ4v) is 2.29. The van der Waals surface area contributed by atoms with E-state index in [1.807, 2.05) is 18.2 Å². The van der Waals surface area contributed by atoms with Crippen LogP contribution in [-0.4, -0.2) is 5.54 Å². The highest BCUT2D eigenvalue weighted by atomic mass is 35.5. The van der Waals surface area contributed by atoms with Crippen LogP contribution in [0.2, 0.25) is 5.22 Å². The number of furan rings is 1. The summed E-state index contributed by atoms with van der Waals surface area (Å²) in [4.78, 5) is 0. The second kappa shape index (κ2) is 5.33. The number of fused-ring (bicyclic) bond motifs is 1. The Balaban J connectivity index is 2.24. The van der Waals surface area contributed by atoms with E-state index in [0.717, 1.165) is 35.9 Å². The van der Waals surface area contributed by atoms with Crippen molar-refractivity contribution in [2.45, 2.75) is 45.7 Å². The van der Waals surface area contributed by atoms with Gasteiger partial charge in [0.15, 0.2) is 5.22 Å². The molecule has 0 aliphatic carbocycles. The average Bonchev–Trinajstić information content (AvgIpc) is 2.72. The Bertz CT molecular complexity index is 528. The molecule has 0 radical (unpaired) electrons. The molecule has 0 unspecified atom stereocenters. The summed E-state index contributed by atoms with van der Waals surface area (Å²) in [7, 11) is 0. The van der Waals surface area contributed by atoms with Crippen molar-refractivity contribution >= 4 is 22.6 Å². The maximum absolute atomic E-state index is 6.18. The summed E-state index contributed by atoms with van der Waals surface area (Å²) in [6.45, 7) is 7.38. The van der Waals surface area contributed by atoms with Gasteiger partial charge in [-0.05, 0) is 37.4 Å². The van der Waals surface area contributed by atoms with E-state index in [1.54, 1.807) is 0 Å². The van der Waals surface area contributed by atoms with Crippen LogP contribution in [0.4, 0.5) is 0 Å². The first-order chi connectivity index (χ1) is 8.59. The molecule has 0 aliphatic rings. The fourth-order valence-electron chi connectivity index (χ4n) is 2.04. The maximum atomic E-state index is 6.18. The van der Waals surface area contributed by atoms with Crippen LogP contribution >= 0.6 is 11.6 Å². The maximum Gasteiger partial charge on any atom is 0.199 e. The first-order valence-electron chi connectivity index (χ1n) is 6.50. The molecule has 1 heterocycles. The van der Waals surface area contributed by atoms with E-state index in [0.29, 0.717) is 5.22 Å². The van der Waals surface area contributed by atoms with Gasteiger partial charge in [-0.1, -0.05) is 32.0 Å². The second-order valence-electron chi connectivity index (χ2n) is 4.97. The zero-order valence-electron chi connectivity index (χ0n) is 11.2. The average molecular weight is 266 g/mol. The minimum absolute atomic E-state index is 0.154. The summed E-state index contributed by atoms with van der Waals surface area (Å²) in [6, 6.07) is 7.97. The number of benzene rings is 1. The van der Waals surface area contributed by atoms with Crippen molar-refractivity contribution in [2.75, 3.05) is 0 Å². The first kappa shape index (κ1) is 13.4. The van der Waals surface area contributed by atoms with Crippen molar-refractivity contribution in [3.8, 4) is 0 Å². The molecule has 0 saturated heterocycles. The van der Waals surface area contributed by atoms with Gasteiger partial charge in [0.25, 0.3) is 0 Å². The Morgan fingerprint density at radius 1 is 1.22 bits per heavy atom. The van der Waals surface area contributed by atoms with Crippen molar-refractivity contribution in [2.24, 2.45) is 0 Å². The normalized spacial score (nSPS) is 12.2. The van der Waals surface area contributed by atoms with E-state index in [2.05, 4.69) is 32.2 Å². The summed E-state index contributed by atoms with van der Waals surface area (Å²) >= 11 is 6.18. The summed E-state index contributed by atoms with van der Waals surface area (Å²) in [5.41, 5.74) is 2.07. The van der Waals surface area contributed by atoms with Gasteiger partial charge in [0.1, 0.15) is 5.58 Å². The van der Waals surface area contributed by atoms with E-state index < -0.39 is 0 Å². The molecule has 0 spiro atoms. The molecule has 0 amide bonds. The van der Waals surface area contributed by atoms with Gasteiger partial charge in [0.2, 0.25) is 0 Å².